The molecular weight excluding hydrogens is 377 g/mol. The second kappa shape index (κ2) is 6.34. The van der Waals surface area contributed by atoms with Crippen LogP contribution in [0.3, 0.4) is 0 Å². The van der Waals surface area contributed by atoms with E-state index in [9.17, 15) is 8.42 Å². The zero-order valence-electron chi connectivity index (χ0n) is 11.9. The van der Waals surface area contributed by atoms with Crippen molar-refractivity contribution < 1.29 is 8.42 Å². The van der Waals surface area contributed by atoms with Crippen molar-refractivity contribution in [3.63, 3.8) is 0 Å². The standard InChI is InChI=1S/C12H20IN3O2S/c1-7(2)6-9-10(13)12(14-4)16-11(15-9)8(3)19(5,17)18/h7-8H,6H2,1-5H3,(H,14,15,16). The van der Waals surface area contributed by atoms with Gasteiger partial charge in [-0.1, -0.05) is 13.8 Å². The fraction of sp³-hybridized carbons (Fsp3) is 0.667. The van der Waals surface area contributed by atoms with E-state index < -0.39 is 15.1 Å². The molecule has 1 aromatic rings. The van der Waals surface area contributed by atoms with E-state index in [1.165, 1.54) is 6.26 Å². The Hall–Kier alpha value is -0.440. The lowest BCUT2D eigenvalue weighted by Crippen LogP contribution is -2.16. The van der Waals surface area contributed by atoms with Crippen LogP contribution < -0.4 is 5.32 Å². The molecule has 1 heterocycles. The molecule has 5 nitrogen and oxygen atoms in total. The molecule has 0 bridgehead atoms. The van der Waals surface area contributed by atoms with Gasteiger partial charge in [-0.05, 0) is 41.9 Å². The molecule has 0 spiro atoms. The van der Waals surface area contributed by atoms with E-state index in [1.807, 2.05) is 0 Å². The summed E-state index contributed by atoms with van der Waals surface area (Å²) < 4.78 is 24.3. The summed E-state index contributed by atoms with van der Waals surface area (Å²) in [5.74, 6) is 1.51. The number of nitrogens with one attached hydrogen (secondary N) is 1. The zero-order chi connectivity index (χ0) is 14.8. The zero-order valence-corrected chi connectivity index (χ0v) is 14.8. The third-order valence-corrected chi connectivity index (χ3v) is 5.41. The van der Waals surface area contributed by atoms with Gasteiger partial charge in [0, 0.05) is 13.3 Å². The van der Waals surface area contributed by atoms with Crippen molar-refractivity contribution in [2.24, 2.45) is 5.92 Å². The van der Waals surface area contributed by atoms with Gasteiger partial charge >= 0.3 is 0 Å². The quantitative estimate of drug-likeness (QED) is 0.773. The Balaban J connectivity index is 3.35. The third kappa shape index (κ3) is 4.27. The third-order valence-electron chi connectivity index (χ3n) is 2.78. The molecule has 1 aromatic heterocycles. The summed E-state index contributed by atoms with van der Waals surface area (Å²) in [6.07, 6.45) is 2.01. The van der Waals surface area contributed by atoms with Gasteiger partial charge in [-0.25, -0.2) is 18.4 Å². The molecular formula is C12H20IN3O2S. The molecule has 0 aromatic carbocycles. The van der Waals surface area contributed by atoms with E-state index >= 15 is 0 Å². The van der Waals surface area contributed by atoms with E-state index in [2.05, 4.69) is 51.7 Å². The highest BCUT2D eigenvalue weighted by atomic mass is 127. The van der Waals surface area contributed by atoms with Crippen molar-refractivity contribution in [2.75, 3.05) is 18.6 Å². The van der Waals surface area contributed by atoms with Crippen LogP contribution in [0.4, 0.5) is 5.82 Å². The molecule has 0 fully saturated rings. The Morgan fingerprint density at radius 1 is 1.26 bits per heavy atom. The van der Waals surface area contributed by atoms with Crippen molar-refractivity contribution in [3.05, 3.63) is 15.1 Å². The number of halogens is 1. The number of hydrogen-bond acceptors (Lipinski definition) is 5. The van der Waals surface area contributed by atoms with Crippen molar-refractivity contribution >= 4 is 38.2 Å². The highest BCUT2D eigenvalue weighted by Gasteiger charge is 2.23. The number of anilines is 1. The predicted molar refractivity (Wildman–Crippen MR) is 86.1 cm³/mol. The fourth-order valence-corrected chi connectivity index (χ4v) is 2.79. The first-order valence-corrected chi connectivity index (χ1v) is 9.13. The van der Waals surface area contributed by atoms with Gasteiger partial charge in [0.1, 0.15) is 16.9 Å². The van der Waals surface area contributed by atoms with Crippen molar-refractivity contribution in [2.45, 2.75) is 32.4 Å². The first-order valence-electron chi connectivity index (χ1n) is 6.09. The summed E-state index contributed by atoms with van der Waals surface area (Å²) >= 11 is 2.20. The molecule has 0 amide bonds. The van der Waals surface area contributed by atoms with Crippen LogP contribution in [0, 0.1) is 9.49 Å². The molecule has 7 heteroatoms. The highest BCUT2D eigenvalue weighted by molar-refractivity contribution is 14.1. The fourth-order valence-electron chi connectivity index (χ4n) is 1.57. The molecule has 0 aliphatic heterocycles. The Kier molecular flexibility index (Phi) is 5.54. The van der Waals surface area contributed by atoms with Crippen LogP contribution in [0.15, 0.2) is 0 Å². The molecule has 0 radical (unpaired) electrons. The molecule has 0 aliphatic rings. The van der Waals surface area contributed by atoms with Gasteiger partial charge in [0.25, 0.3) is 0 Å². The van der Waals surface area contributed by atoms with Gasteiger partial charge in [0.05, 0.1) is 9.26 Å². The normalized spacial score (nSPS) is 13.6. The maximum absolute atomic E-state index is 11.6. The lowest BCUT2D eigenvalue weighted by Gasteiger charge is -2.15. The van der Waals surface area contributed by atoms with E-state index in [4.69, 9.17) is 0 Å². The second-order valence-corrected chi connectivity index (χ2v) is 8.46. The summed E-state index contributed by atoms with van der Waals surface area (Å²) in [5, 5.41) is 2.31. The number of nitrogens with zero attached hydrogens (tertiary/aromatic N) is 2. The van der Waals surface area contributed by atoms with Gasteiger partial charge in [-0.3, -0.25) is 0 Å². The van der Waals surface area contributed by atoms with E-state index in [0.29, 0.717) is 17.6 Å². The molecule has 108 valence electrons. The minimum atomic E-state index is -3.19. The summed E-state index contributed by atoms with van der Waals surface area (Å²) in [7, 11) is -1.42. The van der Waals surface area contributed by atoms with Gasteiger partial charge in [0.15, 0.2) is 9.84 Å². The maximum atomic E-state index is 11.6. The Labute approximate surface area is 128 Å². The topological polar surface area (TPSA) is 72.0 Å². The van der Waals surface area contributed by atoms with Crippen molar-refractivity contribution in [1.29, 1.82) is 0 Å². The Morgan fingerprint density at radius 2 is 1.84 bits per heavy atom. The Bertz CT molecular complexity index is 558. The number of rotatable bonds is 5. The van der Waals surface area contributed by atoms with Gasteiger partial charge in [0.2, 0.25) is 0 Å². The molecule has 1 unspecified atom stereocenters. The molecule has 0 saturated carbocycles. The summed E-state index contributed by atoms with van der Waals surface area (Å²) in [6, 6.07) is 0. The largest absolute Gasteiger partial charge is 0.372 e. The van der Waals surface area contributed by atoms with Crippen LogP contribution in [0.1, 0.15) is 37.5 Å². The van der Waals surface area contributed by atoms with E-state index in [-0.39, 0.29) is 0 Å². The molecule has 1 atom stereocenters. The predicted octanol–water partition coefficient (Wildman–Crippen LogP) is 2.43. The summed E-state index contributed by atoms with van der Waals surface area (Å²) in [4.78, 5) is 8.77. The molecule has 1 rings (SSSR count). The first-order chi connectivity index (χ1) is 8.66. The van der Waals surface area contributed by atoms with Gasteiger partial charge in [-0.15, -0.1) is 0 Å². The number of hydrogen-bond donors (Lipinski definition) is 1. The molecule has 0 aliphatic carbocycles. The average molecular weight is 397 g/mol. The van der Waals surface area contributed by atoms with E-state index in [1.54, 1.807) is 14.0 Å². The molecule has 19 heavy (non-hydrogen) atoms. The van der Waals surface area contributed by atoms with E-state index in [0.717, 1.165) is 15.7 Å². The van der Waals surface area contributed by atoms with Crippen LogP contribution in [0.25, 0.3) is 0 Å². The van der Waals surface area contributed by atoms with Crippen LogP contribution in [-0.2, 0) is 16.3 Å². The van der Waals surface area contributed by atoms with Crippen LogP contribution in [-0.4, -0.2) is 31.7 Å². The lowest BCUT2D eigenvalue weighted by molar-refractivity contribution is 0.587. The molecule has 0 saturated heterocycles. The number of aromatic nitrogens is 2. The monoisotopic (exact) mass is 397 g/mol. The highest BCUT2D eigenvalue weighted by Crippen LogP contribution is 2.25. The Morgan fingerprint density at radius 3 is 2.26 bits per heavy atom. The van der Waals surface area contributed by atoms with Gasteiger partial charge < -0.3 is 5.32 Å². The van der Waals surface area contributed by atoms with Crippen molar-refractivity contribution in [3.8, 4) is 0 Å². The second-order valence-electron chi connectivity index (χ2n) is 5.01. The van der Waals surface area contributed by atoms with Crippen LogP contribution in [0.2, 0.25) is 0 Å². The summed E-state index contributed by atoms with van der Waals surface area (Å²) in [5.41, 5.74) is 0.903. The van der Waals surface area contributed by atoms with Crippen molar-refractivity contribution in [1.82, 2.24) is 9.97 Å². The van der Waals surface area contributed by atoms with Crippen LogP contribution >= 0.6 is 22.6 Å². The molecule has 1 N–H and O–H groups in total. The minimum absolute atomic E-state index is 0.364. The lowest BCUT2D eigenvalue weighted by atomic mass is 10.1. The van der Waals surface area contributed by atoms with Gasteiger partial charge in [-0.2, -0.15) is 0 Å². The maximum Gasteiger partial charge on any atom is 0.157 e. The average Bonchev–Trinajstić information content (AvgIpc) is 2.29. The van der Waals surface area contributed by atoms with Crippen LogP contribution in [0.5, 0.6) is 0 Å². The SMILES string of the molecule is CNc1nc(C(C)S(C)(=O)=O)nc(CC(C)C)c1I. The minimum Gasteiger partial charge on any atom is -0.372 e. The summed E-state index contributed by atoms with van der Waals surface area (Å²) in [6.45, 7) is 5.84. The number of sulfone groups is 1. The first kappa shape index (κ1) is 16.6. The smallest absolute Gasteiger partial charge is 0.157 e.